The molecule has 0 saturated heterocycles. The molecule has 1 heterocycles. The maximum Gasteiger partial charge on any atom is 0.153 e. The third kappa shape index (κ3) is 4.39. The van der Waals surface area contributed by atoms with Crippen LogP contribution < -0.4 is 4.74 Å². The summed E-state index contributed by atoms with van der Waals surface area (Å²) in [7, 11) is 0. The van der Waals surface area contributed by atoms with E-state index in [1.165, 1.54) is 19.3 Å². The SMILES string of the molecule is CCCCCCOc1ccc(-c2nn(-c3ccccc3)cc2C=O)cc1. The van der Waals surface area contributed by atoms with E-state index < -0.39 is 0 Å². The van der Waals surface area contributed by atoms with Crippen molar-refractivity contribution in [1.29, 1.82) is 0 Å². The second kappa shape index (κ2) is 8.99. The zero-order chi connectivity index (χ0) is 18.2. The summed E-state index contributed by atoms with van der Waals surface area (Å²) in [5, 5.41) is 4.59. The van der Waals surface area contributed by atoms with Crippen molar-refractivity contribution < 1.29 is 9.53 Å². The molecule has 26 heavy (non-hydrogen) atoms. The molecule has 1 aromatic heterocycles. The van der Waals surface area contributed by atoms with Crippen LogP contribution >= 0.6 is 0 Å². The molecule has 134 valence electrons. The summed E-state index contributed by atoms with van der Waals surface area (Å²) in [6, 6.07) is 17.5. The van der Waals surface area contributed by atoms with Crippen molar-refractivity contribution in [3.63, 3.8) is 0 Å². The van der Waals surface area contributed by atoms with E-state index in [1.54, 1.807) is 10.9 Å². The van der Waals surface area contributed by atoms with Gasteiger partial charge in [0.25, 0.3) is 0 Å². The zero-order valence-electron chi connectivity index (χ0n) is 15.1. The lowest BCUT2D eigenvalue weighted by molar-refractivity contribution is 0.112. The van der Waals surface area contributed by atoms with Crippen LogP contribution in [0.2, 0.25) is 0 Å². The quantitative estimate of drug-likeness (QED) is 0.389. The number of unbranched alkanes of at least 4 members (excludes halogenated alkanes) is 3. The lowest BCUT2D eigenvalue weighted by Crippen LogP contribution is -1.97. The molecule has 0 bridgehead atoms. The maximum atomic E-state index is 11.5. The average Bonchev–Trinajstić information content (AvgIpc) is 3.13. The fourth-order valence-electron chi connectivity index (χ4n) is 2.84. The number of ether oxygens (including phenoxy) is 1. The number of aldehydes is 1. The predicted octanol–water partition coefficient (Wildman–Crippen LogP) is 5.31. The minimum absolute atomic E-state index is 0.571. The van der Waals surface area contributed by atoms with E-state index in [0.29, 0.717) is 11.3 Å². The number of carbonyl (C=O) groups is 1. The van der Waals surface area contributed by atoms with Crippen molar-refractivity contribution in [2.75, 3.05) is 6.61 Å². The summed E-state index contributed by atoms with van der Waals surface area (Å²) in [5.74, 6) is 0.848. The molecular weight excluding hydrogens is 324 g/mol. The Kier molecular flexibility index (Phi) is 6.20. The molecule has 0 atom stereocenters. The predicted molar refractivity (Wildman–Crippen MR) is 104 cm³/mol. The Morgan fingerprint density at radius 3 is 2.46 bits per heavy atom. The molecule has 0 aliphatic heterocycles. The first-order valence-electron chi connectivity index (χ1n) is 9.15. The van der Waals surface area contributed by atoms with Crippen molar-refractivity contribution >= 4 is 6.29 Å². The highest BCUT2D eigenvalue weighted by atomic mass is 16.5. The highest BCUT2D eigenvalue weighted by Crippen LogP contribution is 2.25. The monoisotopic (exact) mass is 348 g/mol. The van der Waals surface area contributed by atoms with Gasteiger partial charge in [-0.25, -0.2) is 4.68 Å². The van der Waals surface area contributed by atoms with E-state index in [2.05, 4.69) is 12.0 Å². The molecule has 0 unspecified atom stereocenters. The van der Waals surface area contributed by atoms with Crippen LogP contribution in [0.5, 0.6) is 5.75 Å². The Balaban J connectivity index is 1.72. The van der Waals surface area contributed by atoms with Gasteiger partial charge in [0.2, 0.25) is 0 Å². The van der Waals surface area contributed by atoms with Crippen molar-refractivity contribution in [1.82, 2.24) is 9.78 Å². The van der Waals surface area contributed by atoms with Crippen LogP contribution in [0.25, 0.3) is 16.9 Å². The molecule has 0 saturated carbocycles. The molecule has 0 fully saturated rings. The van der Waals surface area contributed by atoms with E-state index >= 15 is 0 Å². The molecule has 0 aliphatic rings. The lowest BCUT2D eigenvalue weighted by Gasteiger charge is -2.06. The first-order chi connectivity index (χ1) is 12.8. The molecule has 0 amide bonds. The fourth-order valence-corrected chi connectivity index (χ4v) is 2.84. The van der Waals surface area contributed by atoms with Gasteiger partial charge >= 0.3 is 0 Å². The van der Waals surface area contributed by atoms with Crippen molar-refractivity contribution in [2.24, 2.45) is 0 Å². The van der Waals surface area contributed by atoms with Crippen LogP contribution in [-0.2, 0) is 0 Å². The minimum Gasteiger partial charge on any atom is -0.494 e. The smallest absolute Gasteiger partial charge is 0.153 e. The Hall–Kier alpha value is -2.88. The number of hydrogen-bond donors (Lipinski definition) is 0. The van der Waals surface area contributed by atoms with Crippen LogP contribution in [0.1, 0.15) is 43.0 Å². The standard InChI is InChI=1S/C22H24N2O2/c1-2-3-4-8-15-26-21-13-11-18(12-14-21)22-19(17-25)16-24(23-22)20-9-6-5-7-10-20/h5-7,9-14,16-17H,2-4,8,15H2,1H3. The van der Waals surface area contributed by atoms with Gasteiger partial charge < -0.3 is 4.74 Å². The number of hydrogen-bond acceptors (Lipinski definition) is 3. The zero-order valence-corrected chi connectivity index (χ0v) is 15.1. The summed E-state index contributed by atoms with van der Waals surface area (Å²) < 4.78 is 7.51. The van der Waals surface area contributed by atoms with Gasteiger partial charge in [-0.3, -0.25) is 4.79 Å². The number of carbonyl (C=O) groups excluding carboxylic acids is 1. The number of aromatic nitrogens is 2. The van der Waals surface area contributed by atoms with Gasteiger partial charge in [-0.1, -0.05) is 44.4 Å². The van der Waals surface area contributed by atoms with Crippen molar-refractivity contribution in [3.05, 3.63) is 66.4 Å². The number of nitrogens with zero attached hydrogens (tertiary/aromatic N) is 2. The normalized spacial score (nSPS) is 10.7. The van der Waals surface area contributed by atoms with Crippen LogP contribution in [0, 0.1) is 0 Å². The first-order valence-corrected chi connectivity index (χ1v) is 9.15. The number of para-hydroxylation sites is 1. The molecule has 3 rings (SSSR count). The van der Waals surface area contributed by atoms with Gasteiger partial charge in [0.15, 0.2) is 6.29 Å². The van der Waals surface area contributed by atoms with Gasteiger partial charge in [0, 0.05) is 11.8 Å². The third-order valence-electron chi connectivity index (χ3n) is 4.28. The molecule has 0 radical (unpaired) electrons. The van der Waals surface area contributed by atoms with E-state index in [0.717, 1.165) is 36.3 Å². The molecule has 3 aromatic rings. The van der Waals surface area contributed by atoms with Crippen molar-refractivity contribution in [2.45, 2.75) is 32.6 Å². The Labute approximate surface area is 154 Å². The molecule has 4 heteroatoms. The Bertz CT molecular complexity index is 823. The van der Waals surface area contributed by atoms with Crippen LogP contribution in [0.4, 0.5) is 0 Å². The summed E-state index contributed by atoms with van der Waals surface area (Å²) in [6.07, 6.45) is 7.36. The second-order valence-corrected chi connectivity index (χ2v) is 6.26. The fraction of sp³-hybridized carbons (Fsp3) is 0.273. The number of rotatable bonds is 9. The molecular formula is C22H24N2O2. The maximum absolute atomic E-state index is 11.5. The van der Waals surface area contributed by atoms with Gasteiger partial charge in [0.1, 0.15) is 11.4 Å². The molecule has 2 aromatic carbocycles. The van der Waals surface area contributed by atoms with E-state index in [9.17, 15) is 4.79 Å². The first kappa shape index (κ1) is 17.9. The van der Waals surface area contributed by atoms with Gasteiger partial charge in [0.05, 0.1) is 17.9 Å². The van der Waals surface area contributed by atoms with Gasteiger partial charge in [-0.2, -0.15) is 5.10 Å². The van der Waals surface area contributed by atoms with Crippen LogP contribution in [0.3, 0.4) is 0 Å². The summed E-state index contributed by atoms with van der Waals surface area (Å²) in [4.78, 5) is 11.5. The number of benzene rings is 2. The second-order valence-electron chi connectivity index (χ2n) is 6.26. The Morgan fingerprint density at radius 1 is 1.00 bits per heavy atom. The summed E-state index contributed by atoms with van der Waals surface area (Å²) in [6.45, 7) is 2.94. The largest absolute Gasteiger partial charge is 0.494 e. The third-order valence-corrected chi connectivity index (χ3v) is 4.28. The van der Waals surface area contributed by atoms with E-state index in [1.807, 2.05) is 54.6 Å². The molecule has 4 nitrogen and oxygen atoms in total. The van der Waals surface area contributed by atoms with Crippen LogP contribution in [-0.4, -0.2) is 22.7 Å². The average molecular weight is 348 g/mol. The lowest BCUT2D eigenvalue weighted by atomic mass is 10.1. The highest BCUT2D eigenvalue weighted by Gasteiger charge is 2.11. The van der Waals surface area contributed by atoms with Crippen LogP contribution in [0.15, 0.2) is 60.8 Å². The van der Waals surface area contributed by atoms with Crippen molar-refractivity contribution in [3.8, 4) is 22.7 Å². The highest BCUT2D eigenvalue weighted by molar-refractivity contribution is 5.85. The molecule has 0 aliphatic carbocycles. The summed E-state index contributed by atoms with van der Waals surface area (Å²) >= 11 is 0. The van der Waals surface area contributed by atoms with Gasteiger partial charge in [-0.05, 0) is 42.8 Å². The van der Waals surface area contributed by atoms with E-state index in [-0.39, 0.29) is 0 Å². The Morgan fingerprint density at radius 2 is 1.77 bits per heavy atom. The summed E-state index contributed by atoms with van der Waals surface area (Å²) in [5.41, 5.74) is 3.08. The molecule has 0 spiro atoms. The molecule has 0 N–H and O–H groups in total. The van der Waals surface area contributed by atoms with E-state index in [4.69, 9.17) is 4.74 Å². The topological polar surface area (TPSA) is 44.1 Å². The van der Waals surface area contributed by atoms with Gasteiger partial charge in [-0.15, -0.1) is 0 Å². The minimum atomic E-state index is 0.571.